The Balaban J connectivity index is 1.66. The molecule has 1 saturated carbocycles. The SMILES string of the molecule is CCCCCOc1ccc2cc([C@H]3CC[C@H](CC)CC3)ccc2c1. The van der Waals surface area contributed by atoms with E-state index >= 15 is 0 Å². The van der Waals surface area contributed by atoms with Crippen LogP contribution in [0, 0.1) is 5.92 Å². The van der Waals surface area contributed by atoms with Crippen LogP contribution in [-0.2, 0) is 0 Å². The van der Waals surface area contributed by atoms with Crippen molar-refractivity contribution in [2.75, 3.05) is 6.61 Å². The van der Waals surface area contributed by atoms with Crippen molar-refractivity contribution in [3.63, 3.8) is 0 Å². The van der Waals surface area contributed by atoms with Crippen molar-refractivity contribution in [1.82, 2.24) is 0 Å². The first-order valence-corrected chi connectivity index (χ1v) is 9.96. The fraction of sp³-hybridized carbons (Fsp3) is 0.565. The summed E-state index contributed by atoms with van der Waals surface area (Å²) in [6.07, 6.45) is 10.5. The molecule has 2 aromatic rings. The van der Waals surface area contributed by atoms with Gasteiger partial charge in [0.1, 0.15) is 5.75 Å². The first kappa shape index (κ1) is 17.3. The van der Waals surface area contributed by atoms with E-state index in [9.17, 15) is 0 Å². The highest BCUT2D eigenvalue weighted by atomic mass is 16.5. The third-order valence-electron chi connectivity index (χ3n) is 5.75. The lowest BCUT2D eigenvalue weighted by Crippen LogP contribution is -2.12. The summed E-state index contributed by atoms with van der Waals surface area (Å²) in [5.41, 5.74) is 1.54. The molecule has 24 heavy (non-hydrogen) atoms. The van der Waals surface area contributed by atoms with Crippen molar-refractivity contribution >= 4 is 10.8 Å². The van der Waals surface area contributed by atoms with Crippen LogP contribution in [0.5, 0.6) is 5.75 Å². The summed E-state index contributed by atoms with van der Waals surface area (Å²) in [6, 6.07) is 13.6. The number of ether oxygens (including phenoxy) is 1. The van der Waals surface area contributed by atoms with E-state index in [1.165, 1.54) is 61.3 Å². The van der Waals surface area contributed by atoms with Gasteiger partial charge in [0, 0.05) is 0 Å². The van der Waals surface area contributed by atoms with Crippen LogP contribution in [0.25, 0.3) is 10.8 Å². The number of benzene rings is 2. The molecule has 1 aliphatic carbocycles. The largest absolute Gasteiger partial charge is 0.494 e. The average molecular weight is 325 g/mol. The molecule has 130 valence electrons. The minimum Gasteiger partial charge on any atom is -0.494 e. The first-order valence-electron chi connectivity index (χ1n) is 9.96. The van der Waals surface area contributed by atoms with E-state index in [1.54, 1.807) is 0 Å². The Kier molecular flexibility index (Phi) is 6.18. The molecule has 3 rings (SSSR count). The molecule has 1 heteroatoms. The number of hydrogen-bond donors (Lipinski definition) is 0. The van der Waals surface area contributed by atoms with Gasteiger partial charge in [-0.1, -0.05) is 57.4 Å². The van der Waals surface area contributed by atoms with E-state index in [2.05, 4.69) is 50.2 Å². The zero-order chi connectivity index (χ0) is 16.8. The molecular weight excluding hydrogens is 292 g/mol. The van der Waals surface area contributed by atoms with Crippen molar-refractivity contribution in [3.8, 4) is 5.75 Å². The quantitative estimate of drug-likeness (QED) is 0.494. The molecule has 0 radical (unpaired) electrons. The fourth-order valence-electron chi connectivity index (χ4n) is 4.03. The van der Waals surface area contributed by atoms with Crippen molar-refractivity contribution in [2.45, 2.75) is 71.1 Å². The van der Waals surface area contributed by atoms with Crippen LogP contribution in [0.4, 0.5) is 0 Å². The molecule has 0 atom stereocenters. The van der Waals surface area contributed by atoms with Gasteiger partial charge in [-0.15, -0.1) is 0 Å². The fourth-order valence-corrected chi connectivity index (χ4v) is 4.03. The molecule has 0 aliphatic heterocycles. The Hall–Kier alpha value is -1.50. The first-order chi connectivity index (χ1) is 11.8. The Labute approximate surface area is 147 Å². The van der Waals surface area contributed by atoms with Crippen LogP contribution in [0.2, 0.25) is 0 Å². The van der Waals surface area contributed by atoms with Gasteiger partial charge in [-0.05, 0) is 72.4 Å². The van der Waals surface area contributed by atoms with Crippen LogP contribution >= 0.6 is 0 Å². The Morgan fingerprint density at radius 1 is 0.875 bits per heavy atom. The van der Waals surface area contributed by atoms with Crippen LogP contribution in [0.15, 0.2) is 36.4 Å². The zero-order valence-electron chi connectivity index (χ0n) is 15.4. The topological polar surface area (TPSA) is 9.23 Å². The van der Waals surface area contributed by atoms with Gasteiger partial charge in [-0.25, -0.2) is 0 Å². The highest BCUT2D eigenvalue weighted by Gasteiger charge is 2.21. The van der Waals surface area contributed by atoms with Crippen LogP contribution in [-0.4, -0.2) is 6.61 Å². The lowest BCUT2D eigenvalue weighted by atomic mass is 9.77. The minimum absolute atomic E-state index is 0.766. The Bertz CT molecular complexity index is 638. The van der Waals surface area contributed by atoms with Crippen molar-refractivity contribution in [3.05, 3.63) is 42.0 Å². The van der Waals surface area contributed by atoms with E-state index in [0.29, 0.717) is 0 Å². The Morgan fingerprint density at radius 3 is 2.38 bits per heavy atom. The summed E-state index contributed by atoms with van der Waals surface area (Å²) in [4.78, 5) is 0. The molecule has 0 N–H and O–H groups in total. The van der Waals surface area contributed by atoms with Gasteiger partial charge in [0.15, 0.2) is 0 Å². The summed E-state index contributed by atoms with van der Waals surface area (Å²) in [7, 11) is 0. The molecule has 0 amide bonds. The molecule has 0 aromatic heterocycles. The highest BCUT2D eigenvalue weighted by molar-refractivity contribution is 5.84. The second kappa shape index (κ2) is 8.55. The van der Waals surface area contributed by atoms with Crippen molar-refractivity contribution < 1.29 is 4.74 Å². The Morgan fingerprint density at radius 2 is 1.62 bits per heavy atom. The third-order valence-corrected chi connectivity index (χ3v) is 5.75. The van der Waals surface area contributed by atoms with Gasteiger partial charge in [0.25, 0.3) is 0 Å². The summed E-state index contributed by atoms with van der Waals surface area (Å²) < 4.78 is 5.89. The van der Waals surface area contributed by atoms with Crippen LogP contribution in [0.3, 0.4) is 0 Å². The second-order valence-corrected chi connectivity index (χ2v) is 7.45. The molecule has 0 heterocycles. The maximum atomic E-state index is 5.89. The van der Waals surface area contributed by atoms with Gasteiger partial charge in [0.2, 0.25) is 0 Å². The second-order valence-electron chi connectivity index (χ2n) is 7.45. The van der Waals surface area contributed by atoms with E-state index in [4.69, 9.17) is 4.74 Å². The maximum absolute atomic E-state index is 5.89. The molecule has 1 fully saturated rings. The monoisotopic (exact) mass is 324 g/mol. The number of hydrogen-bond acceptors (Lipinski definition) is 1. The zero-order valence-corrected chi connectivity index (χ0v) is 15.4. The molecule has 1 aliphatic rings. The number of rotatable bonds is 7. The van der Waals surface area contributed by atoms with E-state index < -0.39 is 0 Å². The lowest BCUT2D eigenvalue weighted by molar-refractivity contribution is 0.306. The summed E-state index contributed by atoms with van der Waals surface area (Å²) in [5, 5.41) is 2.65. The minimum atomic E-state index is 0.766. The van der Waals surface area contributed by atoms with Crippen molar-refractivity contribution in [2.24, 2.45) is 5.92 Å². The third kappa shape index (κ3) is 4.32. The number of unbranched alkanes of at least 4 members (excludes halogenated alkanes) is 2. The van der Waals surface area contributed by atoms with Crippen LogP contribution in [0.1, 0.15) is 76.7 Å². The maximum Gasteiger partial charge on any atom is 0.119 e. The van der Waals surface area contributed by atoms with E-state index in [0.717, 1.165) is 30.6 Å². The number of fused-ring (bicyclic) bond motifs is 1. The van der Waals surface area contributed by atoms with Crippen molar-refractivity contribution in [1.29, 1.82) is 0 Å². The normalized spacial score (nSPS) is 21.1. The smallest absolute Gasteiger partial charge is 0.119 e. The van der Waals surface area contributed by atoms with Gasteiger partial charge >= 0.3 is 0 Å². The summed E-state index contributed by atoms with van der Waals surface area (Å²) in [5.74, 6) is 2.74. The summed E-state index contributed by atoms with van der Waals surface area (Å²) >= 11 is 0. The predicted molar refractivity (Wildman–Crippen MR) is 104 cm³/mol. The van der Waals surface area contributed by atoms with Gasteiger partial charge in [-0.2, -0.15) is 0 Å². The molecule has 0 unspecified atom stereocenters. The molecule has 2 aromatic carbocycles. The lowest BCUT2D eigenvalue weighted by Gasteiger charge is -2.28. The summed E-state index contributed by atoms with van der Waals surface area (Å²) in [6.45, 7) is 5.39. The highest BCUT2D eigenvalue weighted by Crippen LogP contribution is 2.38. The molecule has 0 bridgehead atoms. The standard InChI is InChI=1S/C23H32O/c1-3-5-6-15-24-23-14-13-21-16-20(11-12-22(21)17-23)19-9-7-18(4-2)8-10-19/h11-14,16-19H,3-10,15H2,1-2H3/t18-,19-. The predicted octanol–water partition coefficient (Wildman–Crippen LogP) is 7.09. The molecule has 1 nitrogen and oxygen atoms in total. The average Bonchev–Trinajstić information content (AvgIpc) is 2.65. The van der Waals surface area contributed by atoms with Gasteiger partial charge in [0.05, 0.1) is 6.61 Å². The molecular formula is C23H32O. The molecule has 0 saturated heterocycles. The van der Waals surface area contributed by atoms with Crippen LogP contribution < -0.4 is 4.74 Å². The van der Waals surface area contributed by atoms with Gasteiger partial charge < -0.3 is 4.74 Å². The van der Waals surface area contributed by atoms with Gasteiger partial charge in [-0.3, -0.25) is 0 Å². The van der Waals surface area contributed by atoms with E-state index in [1.807, 2.05) is 0 Å². The van der Waals surface area contributed by atoms with E-state index in [-0.39, 0.29) is 0 Å². The molecule has 0 spiro atoms.